The summed E-state index contributed by atoms with van der Waals surface area (Å²) in [7, 11) is 0. The van der Waals surface area contributed by atoms with E-state index in [1.54, 1.807) is 6.07 Å². The Morgan fingerprint density at radius 3 is 2.73 bits per heavy atom. The molecule has 2 atom stereocenters. The van der Waals surface area contributed by atoms with E-state index in [1.807, 2.05) is 13.0 Å². The van der Waals surface area contributed by atoms with Gasteiger partial charge in [-0.2, -0.15) is 15.2 Å². The molecule has 0 spiro atoms. The first-order valence-electron chi connectivity index (χ1n) is 12.1. The van der Waals surface area contributed by atoms with Gasteiger partial charge in [0.25, 0.3) is 0 Å². The number of benzene rings is 2. The fourth-order valence-electron chi connectivity index (χ4n) is 5.38. The maximum atomic E-state index is 16.4. The highest BCUT2D eigenvalue weighted by molar-refractivity contribution is 7.23. The van der Waals surface area contributed by atoms with Gasteiger partial charge in [-0.15, -0.1) is 11.3 Å². The molecule has 0 aliphatic carbocycles. The standard InChI is InChI=1S/C26H23ClF2N6OS/c1-2-7-36-26-33-22-15(25(34-26)35-10-12-3-4-13(11-35)32-12)8-17(27)20(21(22)29)14-5-6-18(28)23-19(14)16(9-30)24(31)37-23/h5-6,8,12-13,32H,2-4,7,10-11,31H2,1H3. The molecule has 2 unspecified atom stereocenters. The number of nitrogens with one attached hydrogen (secondary N) is 1. The van der Waals surface area contributed by atoms with Gasteiger partial charge in [-0.1, -0.05) is 24.6 Å². The molecule has 0 radical (unpaired) electrons. The number of nitrogens with zero attached hydrogens (tertiary/aromatic N) is 4. The molecule has 6 rings (SSSR count). The summed E-state index contributed by atoms with van der Waals surface area (Å²) in [5, 5.41) is 14.3. The Morgan fingerprint density at radius 1 is 1.27 bits per heavy atom. The summed E-state index contributed by atoms with van der Waals surface area (Å²) >= 11 is 7.68. The van der Waals surface area contributed by atoms with Gasteiger partial charge in [0.15, 0.2) is 5.82 Å². The number of fused-ring (bicyclic) bond motifs is 4. The molecule has 2 aliphatic heterocycles. The van der Waals surface area contributed by atoms with Crippen LogP contribution < -0.4 is 20.7 Å². The topological polar surface area (TPSA) is 100 Å². The molecule has 0 amide bonds. The molecule has 0 saturated carbocycles. The largest absolute Gasteiger partial charge is 0.463 e. The van der Waals surface area contributed by atoms with Gasteiger partial charge >= 0.3 is 6.01 Å². The van der Waals surface area contributed by atoms with E-state index in [2.05, 4.69) is 20.2 Å². The Kier molecular flexibility index (Phi) is 6.02. The third kappa shape index (κ3) is 3.93. The number of nitrogens with two attached hydrogens (primary N) is 1. The summed E-state index contributed by atoms with van der Waals surface area (Å²) in [5.74, 6) is -0.654. The van der Waals surface area contributed by atoms with Crippen LogP contribution in [0.3, 0.4) is 0 Å². The van der Waals surface area contributed by atoms with E-state index >= 15 is 4.39 Å². The van der Waals surface area contributed by atoms with Crippen LogP contribution in [0.2, 0.25) is 5.02 Å². The molecule has 2 aromatic heterocycles. The first kappa shape index (κ1) is 24.1. The number of rotatable bonds is 5. The molecule has 2 fully saturated rings. The van der Waals surface area contributed by atoms with Gasteiger partial charge in [-0.25, -0.2) is 8.78 Å². The molecule has 7 nitrogen and oxygen atoms in total. The second kappa shape index (κ2) is 9.24. The normalized spacial score (nSPS) is 19.1. The van der Waals surface area contributed by atoms with Crippen LogP contribution in [0.4, 0.5) is 19.6 Å². The summed E-state index contributed by atoms with van der Waals surface area (Å²) in [5.41, 5.74) is 6.45. The highest BCUT2D eigenvalue weighted by Crippen LogP contribution is 2.45. The van der Waals surface area contributed by atoms with Crippen molar-refractivity contribution in [3.63, 3.8) is 0 Å². The number of halogens is 3. The fraction of sp³-hybridized carbons (Fsp3) is 0.346. The number of thiophene rings is 1. The van der Waals surface area contributed by atoms with Crippen molar-refractivity contribution in [3.8, 4) is 23.2 Å². The van der Waals surface area contributed by atoms with Crippen LogP contribution in [0.1, 0.15) is 31.7 Å². The highest BCUT2D eigenvalue weighted by Gasteiger charge is 2.34. The summed E-state index contributed by atoms with van der Waals surface area (Å²) in [6.07, 6.45) is 2.90. The number of aromatic nitrogens is 2. The van der Waals surface area contributed by atoms with Crippen molar-refractivity contribution < 1.29 is 13.5 Å². The van der Waals surface area contributed by atoms with Crippen LogP contribution in [0, 0.1) is 23.0 Å². The average Bonchev–Trinajstić information content (AvgIpc) is 3.41. The molecule has 4 aromatic rings. The molecular weight excluding hydrogens is 518 g/mol. The molecule has 2 bridgehead atoms. The number of hydrogen-bond donors (Lipinski definition) is 2. The smallest absolute Gasteiger partial charge is 0.319 e. The van der Waals surface area contributed by atoms with E-state index in [-0.39, 0.29) is 48.3 Å². The zero-order valence-corrected chi connectivity index (χ0v) is 21.5. The molecule has 3 N–H and O–H groups in total. The van der Waals surface area contributed by atoms with Gasteiger partial charge in [-0.3, -0.25) is 0 Å². The molecule has 190 valence electrons. The zero-order chi connectivity index (χ0) is 25.8. The summed E-state index contributed by atoms with van der Waals surface area (Å²) < 4.78 is 37.0. The number of nitrogen functional groups attached to an aromatic ring is 1. The lowest BCUT2D eigenvalue weighted by molar-refractivity contribution is 0.293. The van der Waals surface area contributed by atoms with E-state index < -0.39 is 11.6 Å². The molecular formula is C26H23ClF2N6OS. The number of nitriles is 1. The fourth-order valence-corrected chi connectivity index (χ4v) is 6.63. The minimum atomic E-state index is -0.688. The van der Waals surface area contributed by atoms with Gasteiger partial charge in [0.1, 0.15) is 28.2 Å². The van der Waals surface area contributed by atoms with Crippen molar-refractivity contribution in [1.82, 2.24) is 15.3 Å². The Bertz CT molecular complexity index is 1590. The lowest BCUT2D eigenvalue weighted by Gasteiger charge is -2.34. The van der Waals surface area contributed by atoms with Gasteiger partial charge in [0, 0.05) is 41.5 Å². The SMILES string of the molecule is CCCOc1nc(N2CC3CCC(C2)N3)c2cc(Cl)c(-c3ccc(F)c4sc(N)c(C#N)c34)c(F)c2n1. The quantitative estimate of drug-likeness (QED) is 0.338. The molecule has 2 aromatic carbocycles. The zero-order valence-electron chi connectivity index (χ0n) is 19.9. The molecule has 2 aliphatic rings. The van der Waals surface area contributed by atoms with Crippen molar-refractivity contribution in [1.29, 1.82) is 5.26 Å². The Balaban J connectivity index is 1.60. The van der Waals surface area contributed by atoms with E-state index in [1.165, 1.54) is 12.1 Å². The minimum absolute atomic E-state index is 0.0277. The van der Waals surface area contributed by atoms with Crippen LogP contribution in [-0.4, -0.2) is 41.7 Å². The van der Waals surface area contributed by atoms with Crippen molar-refractivity contribution in [2.45, 2.75) is 38.3 Å². The summed E-state index contributed by atoms with van der Waals surface area (Å²) in [6.45, 7) is 3.82. The highest BCUT2D eigenvalue weighted by atomic mass is 35.5. The van der Waals surface area contributed by atoms with Crippen LogP contribution in [0.15, 0.2) is 18.2 Å². The predicted octanol–water partition coefficient (Wildman–Crippen LogP) is 5.63. The monoisotopic (exact) mass is 540 g/mol. The number of piperazine rings is 1. The lowest BCUT2D eigenvalue weighted by atomic mass is 9.97. The minimum Gasteiger partial charge on any atom is -0.463 e. The van der Waals surface area contributed by atoms with Gasteiger partial charge in [0.05, 0.1) is 21.9 Å². The molecule has 11 heteroatoms. The van der Waals surface area contributed by atoms with Crippen molar-refractivity contribution in [2.24, 2.45) is 0 Å². The molecule has 37 heavy (non-hydrogen) atoms. The maximum Gasteiger partial charge on any atom is 0.319 e. The Hall–Kier alpha value is -3.26. The van der Waals surface area contributed by atoms with E-state index in [0.29, 0.717) is 29.9 Å². The van der Waals surface area contributed by atoms with Crippen LogP contribution in [-0.2, 0) is 0 Å². The first-order chi connectivity index (χ1) is 17.9. The van der Waals surface area contributed by atoms with Gasteiger partial charge in [-0.05, 0) is 37.0 Å². The van der Waals surface area contributed by atoms with Crippen molar-refractivity contribution in [3.05, 3.63) is 40.4 Å². The van der Waals surface area contributed by atoms with Crippen LogP contribution in [0.25, 0.3) is 32.1 Å². The first-order valence-corrected chi connectivity index (χ1v) is 13.3. The number of ether oxygens (including phenoxy) is 1. The third-order valence-electron chi connectivity index (χ3n) is 6.99. The average molecular weight is 541 g/mol. The van der Waals surface area contributed by atoms with Gasteiger partial charge in [0.2, 0.25) is 0 Å². The van der Waals surface area contributed by atoms with Crippen molar-refractivity contribution >= 4 is 54.7 Å². The van der Waals surface area contributed by atoms with Crippen molar-refractivity contribution in [2.75, 3.05) is 30.3 Å². The van der Waals surface area contributed by atoms with Gasteiger partial charge < -0.3 is 20.7 Å². The van der Waals surface area contributed by atoms with E-state index in [0.717, 1.165) is 43.7 Å². The predicted molar refractivity (Wildman–Crippen MR) is 142 cm³/mol. The number of hydrogen-bond acceptors (Lipinski definition) is 8. The second-order valence-corrected chi connectivity index (χ2v) is 10.9. The van der Waals surface area contributed by atoms with E-state index in [4.69, 9.17) is 22.1 Å². The Morgan fingerprint density at radius 2 is 2.03 bits per heavy atom. The molecule has 4 heterocycles. The third-order valence-corrected chi connectivity index (χ3v) is 8.32. The van der Waals surface area contributed by atoms with E-state index in [9.17, 15) is 9.65 Å². The van der Waals surface area contributed by atoms with Crippen LogP contribution >= 0.6 is 22.9 Å². The molecule has 2 saturated heterocycles. The summed E-state index contributed by atoms with van der Waals surface area (Å²) in [4.78, 5) is 11.2. The number of anilines is 2. The summed E-state index contributed by atoms with van der Waals surface area (Å²) in [6, 6.07) is 7.09. The Labute approximate surface area is 220 Å². The maximum absolute atomic E-state index is 16.4. The lowest BCUT2D eigenvalue weighted by Crippen LogP contribution is -2.51. The van der Waals surface area contributed by atoms with Crippen LogP contribution in [0.5, 0.6) is 6.01 Å². The second-order valence-electron chi connectivity index (χ2n) is 9.42.